The number of ether oxygens (including phenoxy) is 1. The molecule has 0 aliphatic carbocycles. The van der Waals surface area contributed by atoms with Crippen LogP contribution in [0.3, 0.4) is 0 Å². The second kappa shape index (κ2) is 7.04. The molecule has 0 radical (unpaired) electrons. The first-order chi connectivity index (χ1) is 8.17. The van der Waals surface area contributed by atoms with Crippen molar-refractivity contribution in [3.63, 3.8) is 0 Å². The minimum atomic E-state index is -0.202. The van der Waals surface area contributed by atoms with E-state index in [0.717, 1.165) is 5.56 Å². The standard InChI is InChI=1S/C13H20N2O2/c1-10-5-3-4-6-11(10)9-15-13(16)7-12(8-14)17-2/h3-6,12H,7-9,14H2,1-2H3,(H,15,16). The molecule has 0 saturated carbocycles. The maximum atomic E-state index is 11.6. The second-order valence-corrected chi connectivity index (χ2v) is 4.00. The summed E-state index contributed by atoms with van der Waals surface area (Å²) in [6.45, 7) is 2.93. The summed E-state index contributed by atoms with van der Waals surface area (Å²) in [7, 11) is 1.56. The molecule has 0 aliphatic heterocycles. The Morgan fingerprint density at radius 3 is 2.76 bits per heavy atom. The Balaban J connectivity index is 2.41. The fourth-order valence-corrected chi connectivity index (χ4v) is 1.54. The highest BCUT2D eigenvalue weighted by atomic mass is 16.5. The molecule has 17 heavy (non-hydrogen) atoms. The molecule has 94 valence electrons. The van der Waals surface area contributed by atoms with Gasteiger partial charge in [0, 0.05) is 20.2 Å². The molecule has 0 aliphatic rings. The average molecular weight is 236 g/mol. The minimum absolute atomic E-state index is 0.0365. The van der Waals surface area contributed by atoms with Gasteiger partial charge in [-0.15, -0.1) is 0 Å². The van der Waals surface area contributed by atoms with Crippen LogP contribution in [0.25, 0.3) is 0 Å². The summed E-state index contributed by atoms with van der Waals surface area (Å²) in [6, 6.07) is 7.98. The number of benzene rings is 1. The van der Waals surface area contributed by atoms with E-state index in [1.165, 1.54) is 5.56 Å². The topological polar surface area (TPSA) is 64.3 Å². The lowest BCUT2D eigenvalue weighted by Crippen LogP contribution is -2.32. The molecule has 4 nitrogen and oxygen atoms in total. The van der Waals surface area contributed by atoms with Gasteiger partial charge in [0.05, 0.1) is 12.5 Å². The van der Waals surface area contributed by atoms with Crippen LogP contribution in [-0.2, 0) is 16.1 Å². The van der Waals surface area contributed by atoms with Crippen molar-refractivity contribution >= 4 is 5.91 Å². The number of hydrogen-bond donors (Lipinski definition) is 2. The number of methoxy groups -OCH3 is 1. The van der Waals surface area contributed by atoms with Gasteiger partial charge in [0.15, 0.2) is 0 Å². The molecule has 0 fully saturated rings. The summed E-state index contributed by atoms with van der Waals surface area (Å²) >= 11 is 0. The fraction of sp³-hybridized carbons (Fsp3) is 0.462. The van der Waals surface area contributed by atoms with Gasteiger partial charge < -0.3 is 15.8 Å². The summed E-state index contributed by atoms with van der Waals surface area (Å²) in [5.41, 5.74) is 7.76. The zero-order valence-corrected chi connectivity index (χ0v) is 10.4. The lowest BCUT2D eigenvalue weighted by Gasteiger charge is -2.13. The lowest BCUT2D eigenvalue weighted by molar-refractivity contribution is -0.123. The van der Waals surface area contributed by atoms with Crippen LogP contribution in [-0.4, -0.2) is 25.7 Å². The third-order valence-electron chi connectivity index (χ3n) is 2.75. The quantitative estimate of drug-likeness (QED) is 0.773. The summed E-state index contributed by atoms with van der Waals surface area (Å²) in [5.74, 6) is -0.0365. The van der Waals surface area contributed by atoms with Crippen LogP contribution in [0.4, 0.5) is 0 Å². The fourth-order valence-electron chi connectivity index (χ4n) is 1.54. The monoisotopic (exact) mass is 236 g/mol. The maximum absolute atomic E-state index is 11.6. The van der Waals surface area contributed by atoms with E-state index in [1.54, 1.807) is 7.11 Å². The molecule has 0 saturated heterocycles. The van der Waals surface area contributed by atoms with E-state index in [4.69, 9.17) is 10.5 Å². The SMILES string of the molecule is COC(CN)CC(=O)NCc1ccccc1C. The van der Waals surface area contributed by atoms with Gasteiger partial charge in [-0.05, 0) is 18.1 Å². The Hall–Kier alpha value is -1.39. The number of hydrogen-bond acceptors (Lipinski definition) is 3. The van der Waals surface area contributed by atoms with E-state index < -0.39 is 0 Å². The molecular formula is C13H20N2O2. The number of nitrogens with one attached hydrogen (secondary N) is 1. The van der Waals surface area contributed by atoms with Gasteiger partial charge in [-0.1, -0.05) is 24.3 Å². The highest BCUT2D eigenvalue weighted by Gasteiger charge is 2.11. The Bertz CT molecular complexity index is 362. The molecule has 1 unspecified atom stereocenters. The highest BCUT2D eigenvalue weighted by molar-refractivity contribution is 5.76. The van der Waals surface area contributed by atoms with E-state index in [0.29, 0.717) is 19.5 Å². The van der Waals surface area contributed by atoms with Gasteiger partial charge >= 0.3 is 0 Å². The van der Waals surface area contributed by atoms with Gasteiger partial charge in [-0.3, -0.25) is 4.79 Å². The third-order valence-corrected chi connectivity index (χ3v) is 2.75. The van der Waals surface area contributed by atoms with Gasteiger partial charge in [0.25, 0.3) is 0 Å². The molecule has 3 N–H and O–H groups in total. The summed E-state index contributed by atoms with van der Waals surface area (Å²) in [5, 5.41) is 2.86. The van der Waals surface area contributed by atoms with E-state index in [1.807, 2.05) is 31.2 Å². The number of carbonyl (C=O) groups is 1. The van der Waals surface area contributed by atoms with Crippen molar-refractivity contribution in [2.45, 2.75) is 26.0 Å². The summed E-state index contributed by atoms with van der Waals surface area (Å²) in [6.07, 6.45) is 0.102. The molecule has 1 amide bonds. The molecular weight excluding hydrogens is 216 g/mol. The Kier molecular flexibility index (Phi) is 5.66. The van der Waals surface area contributed by atoms with E-state index >= 15 is 0 Å². The molecule has 1 aromatic rings. The number of aryl methyl sites for hydroxylation is 1. The zero-order valence-electron chi connectivity index (χ0n) is 10.4. The first-order valence-corrected chi connectivity index (χ1v) is 5.71. The van der Waals surface area contributed by atoms with Gasteiger partial charge in [0.2, 0.25) is 5.91 Å². The molecule has 1 rings (SSSR count). The molecule has 0 spiro atoms. The van der Waals surface area contributed by atoms with Crippen LogP contribution < -0.4 is 11.1 Å². The maximum Gasteiger partial charge on any atom is 0.222 e. The number of amides is 1. The van der Waals surface area contributed by atoms with Crippen LogP contribution in [0.1, 0.15) is 17.5 Å². The normalized spacial score (nSPS) is 12.2. The largest absolute Gasteiger partial charge is 0.380 e. The molecule has 0 aromatic heterocycles. The third kappa shape index (κ3) is 4.54. The van der Waals surface area contributed by atoms with Crippen molar-refractivity contribution in [2.75, 3.05) is 13.7 Å². The number of carbonyl (C=O) groups excluding carboxylic acids is 1. The van der Waals surface area contributed by atoms with Crippen molar-refractivity contribution in [2.24, 2.45) is 5.73 Å². The minimum Gasteiger partial charge on any atom is -0.380 e. The molecule has 0 bridgehead atoms. The van der Waals surface area contributed by atoms with Crippen LogP contribution in [0.5, 0.6) is 0 Å². The van der Waals surface area contributed by atoms with Gasteiger partial charge in [-0.2, -0.15) is 0 Å². The Labute approximate surface area is 102 Å². The average Bonchev–Trinajstić information content (AvgIpc) is 2.35. The molecule has 1 aromatic carbocycles. The van der Waals surface area contributed by atoms with Crippen LogP contribution in [0.15, 0.2) is 24.3 Å². The zero-order chi connectivity index (χ0) is 12.7. The van der Waals surface area contributed by atoms with Crippen molar-refractivity contribution in [3.8, 4) is 0 Å². The van der Waals surface area contributed by atoms with Crippen LogP contribution >= 0.6 is 0 Å². The summed E-state index contributed by atoms with van der Waals surface area (Å²) < 4.78 is 5.06. The van der Waals surface area contributed by atoms with Crippen LogP contribution in [0, 0.1) is 6.92 Å². The second-order valence-electron chi connectivity index (χ2n) is 4.00. The highest BCUT2D eigenvalue weighted by Crippen LogP contribution is 2.06. The van der Waals surface area contributed by atoms with Crippen molar-refractivity contribution < 1.29 is 9.53 Å². The number of rotatable bonds is 6. The first-order valence-electron chi connectivity index (χ1n) is 5.71. The number of nitrogens with two attached hydrogens (primary N) is 1. The molecule has 0 heterocycles. The van der Waals surface area contributed by atoms with Crippen molar-refractivity contribution in [1.82, 2.24) is 5.32 Å². The predicted octanol–water partition coefficient (Wildman–Crippen LogP) is 0.975. The van der Waals surface area contributed by atoms with Gasteiger partial charge in [0.1, 0.15) is 0 Å². The van der Waals surface area contributed by atoms with Crippen molar-refractivity contribution in [1.29, 1.82) is 0 Å². The van der Waals surface area contributed by atoms with Crippen molar-refractivity contribution in [3.05, 3.63) is 35.4 Å². The summed E-state index contributed by atoms with van der Waals surface area (Å²) in [4.78, 5) is 11.6. The first kappa shape index (κ1) is 13.7. The van der Waals surface area contributed by atoms with Gasteiger partial charge in [-0.25, -0.2) is 0 Å². The molecule has 4 heteroatoms. The van der Waals surface area contributed by atoms with E-state index in [-0.39, 0.29) is 12.0 Å². The Morgan fingerprint density at radius 1 is 1.47 bits per heavy atom. The lowest BCUT2D eigenvalue weighted by atomic mass is 10.1. The smallest absolute Gasteiger partial charge is 0.222 e. The Morgan fingerprint density at radius 2 is 2.18 bits per heavy atom. The van der Waals surface area contributed by atoms with E-state index in [2.05, 4.69) is 5.32 Å². The van der Waals surface area contributed by atoms with Crippen LogP contribution in [0.2, 0.25) is 0 Å². The van der Waals surface area contributed by atoms with E-state index in [9.17, 15) is 4.79 Å². The predicted molar refractivity (Wildman–Crippen MR) is 67.5 cm³/mol. The molecule has 1 atom stereocenters.